The standard InChI is InChI=1S/C23H27F3N4O/c24-23(25,26)18-9-7-16(8-10-18)19-13-28-22(27)29-21(19)17-6-3-11-30(14-17)20(31)12-15-4-1-2-5-15/h7-10,13,15,17H,1-6,11-12,14H2,(H2,27,28,29)/t17-/m1/s1. The number of carbonyl (C=O) groups excluding carboxylic acids is 1. The van der Waals surface area contributed by atoms with Crippen LogP contribution in [0.15, 0.2) is 30.5 Å². The number of nitrogen functional groups attached to an aromatic ring is 1. The molecule has 166 valence electrons. The molecule has 8 heteroatoms. The van der Waals surface area contributed by atoms with Gasteiger partial charge < -0.3 is 10.6 Å². The summed E-state index contributed by atoms with van der Waals surface area (Å²) in [7, 11) is 0. The van der Waals surface area contributed by atoms with E-state index >= 15 is 0 Å². The van der Waals surface area contributed by atoms with Crippen molar-refractivity contribution in [3.63, 3.8) is 0 Å². The fourth-order valence-corrected chi connectivity index (χ4v) is 4.80. The third-order valence-corrected chi connectivity index (χ3v) is 6.46. The van der Waals surface area contributed by atoms with Crippen molar-refractivity contribution in [3.8, 4) is 11.1 Å². The number of aromatic nitrogens is 2. The molecule has 5 nitrogen and oxygen atoms in total. The van der Waals surface area contributed by atoms with Crippen molar-refractivity contribution >= 4 is 11.9 Å². The Balaban J connectivity index is 1.56. The van der Waals surface area contributed by atoms with E-state index in [4.69, 9.17) is 5.73 Å². The summed E-state index contributed by atoms with van der Waals surface area (Å²) in [4.78, 5) is 23.3. The lowest BCUT2D eigenvalue weighted by atomic mass is 9.89. The molecule has 2 heterocycles. The Kier molecular flexibility index (Phi) is 6.16. The molecule has 1 saturated heterocycles. The summed E-state index contributed by atoms with van der Waals surface area (Å²) in [5.41, 5.74) is 7.12. The van der Waals surface area contributed by atoms with Gasteiger partial charge in [-0.05, 0) is 49.3 Å². The van der Waals surface area contributed by atoms with Crippen molar-refractivity contribution < 1.29 is 18.0 Å². The van der Waals surface area contributed by atoms with Gasteiger partial charge in [0.25, 0.3) is 0 Å². The highest BCUT2D eigenvalue weighted by Gasteiger charge is 2.31. The van der Waals surface area contributed by atoms with E-state index in [-0.39, 0.29) is 17.8 Å². The number of alkyl halides is 3. The fraction of sp³-hybridized carbons (Fsp3) is 0.522. The minimum absolute atomic E-state index is 0.0242. The largest absolute Gasteiger partial charge is 0.416 e. The normalized spacial score (nSPS) is 20.2. The number of likely N-dealkylation sites (tertiary alicyclic amines) is 1. The molecule has 1 aromatic heterocycles. The summed E-state index contributed by atoms with van der Waals surface area (Å²) in [6.45, 7) is 1.29. The molecule has 2 aliphatic rings. The van der Waals surface area contributed by atoms with E-state index in [9.17, 15) is 18.0 Å². The molecule has 1 aliphatic heterocycles. The molecule has 1 saturated carbocycles. The monoisotopic (exact) mass is 432 g/mol. The zero-order valence-corrected chi connectivity index (χ0v) is 17.4. The third kappa shape index (κ3) is 4.99. The summed E-state index contributed by atoms with van der Waals surface area (Å²) in [5, 5.41) is 0. The van der Waals surface area contributed by atoms with Crippen LogP contribution in [0.4, 0.5) is 19.1 Å². The number of amides is 1. The molecule has 2 N–H and O–H groups in total. The van der Waals surface area contributed by atoms with Crippen LogP contribution in [0.3, 0.4) is 0 Å². The summed E-state index contributed by atoms with van der Waals surface area (Å²) < 4.78 is 38.8. The van der Waals surface area contributed by atoms with Crippen molar-refractivity contribution in [2.75, 3.05) is 18.8 Å². The number of halogens is 3. The number of nitrogens with two attached hydrogens (primary N) is 1. The minimum Gasteiger partial charge on any atom is -0.368 e. The van der Waals surface area contributed by atoms with Gasteiger partial charge in [0, 0.05) is 37.2 Å². The van der Waals surface area contributed by atoms with Gasteiger partial charge in [0.1, 0.15) is 0 Å². The Labute approximate surface area is 179 Å². The lowest BCUT2D eigenvalue weighted by molar-refractivity contribution is -0.137. The molecule has 1 atom stereocenters. The number of piperidine rings is 1. The molecule has 2 fully saturated rings. The van der Waals surface area contributed by atoms with Crippen LogP contribution in [-0.4, -0.2) is 33.9 Å². The third-order valence-electron chi connectivity index (χ3n) is 6.46. The summed E-state index contributed by atoms with van der Waals surface area (Å²) in [6.07, 6.45) is 4.16. The van der Waals surface area contributed by atoms with Crippen molar-refractivity contribution in [3.05, 3.63) is 41.7 Å². The second-order valence-electron chi connectivity index (χ2n) is 8.64. The van der Waals surface area contributed by atoms with Crippen LogP contribution in [0, 0.1) is 5.92 Å². The van der Waals surface area contributed by atoms with E-state index in [0.717, 1.165) is 44.4 Å². The molecule has 1 aliphatic carbocycles. The van der Waals surface area contributed by atoms with E-state index < -0.39 is 11.7 Å². The molecular weight excluding hydrogens is 405 g/mol. The van der Waals surface area contributed by atoms with E-state index in [1.54, 1.807) is 6.20 Å². The molecule has 0 unspecified atom stereocenters. The molecule has 0 spiro atoms. The summed E-state index contributed by atoms with van der Waals surface area (Å²) >= 11 is 0. The number of nitrogens with zero attached hydrogens (tertiary/aromatic N) is 3. The predicted molar refractivity (Wildman–Crippen MR) is 112 cm³/mol. The Morgan fingerprint density at radius 1 is 1.10 bits per heavy atom. The molecule has 1 amide bonds. The van der Waals surface area contributed by atoms with Crippen molar-refractivity contribution in [2.24, 2.45) is 5.92 Å². The number of carbonyl (C=O) groups is 1. The number of benzene rings is 1. The van der Waals surface area contributed by atoms with Crippen molar-refractivity contribution in [1.29, 1.82) is 0 Å². The first-order valence-corrected chi connectivity index (χ1v) is 10.9. The maximum Gasteiger partial charge on any atom is 0.416 e. The van der Waals surface area contributed by atoms with Gasteiger partial charge in [-0.2, -0.15) is 13.2 Å². The maximum atomic E-state index is 12.9. The molecule has 0 radical (unpaired) electrons. The predicted octanol–water partition coefficient (Wildman–Crippen LogP) is 5.03. The zero-order chi connectivity index (χ0) is 22.0. The minimum atomic E-state index is -4.39. The van der Waals surface area contributed by atoms with Crippen LogP contribution >= 0.6 is 0 Å². The van der Waals surface area contributed by atoms with Crippen LogP contribution in [-0.2, 0) is 11.0 Å². The molecule has 4 rings (SSSR count). The Hall–Kier alpha value is -2.64. The maximum absolute atomic E-state index is 12.9. The number of hydrogen-bond acceptors (Lipinski definition) is 4. The van der Waals surface area contributed by atoms with Crippen LogP contribution in [0.5, 0.6) is 0 Å². The highest BCUT2D eigenvalue weighted by Crippen LogP contribution is 2.36. The molecule has 2 aromatic rings. The van der Waals surface area contributed by atoms with Crippen LogP contribution in [0.2, 0.25) is 0 Å². The molecular formula is C23H27F3N4O. The van der Waals surface area contributed by atoms with Gasteiger partial charge in [-0.1, -0.05) is 25.0 Å². The van der Waals surface area contributed by atoms with Crippen LogP contribution in [0.1, 0.15) is 62.1 Å². The Bertz CT molecular complexity index is 923. The van der Waals surface area contributed by atoms with E-state index in [2.05, 4.69) is 9.97 Å². The van der Waals surface area contributed by atoms with Crippen LogP contribution < -0.4 is 5.73 Å². The first-order valence-electron chi connectivity index (χ1n) is 10.9. The second kappa shape index (κ2) is 8.85. The highest BCUT2D eigenvalue weighted by atomic mass is 19.4. The smallest absolute Gasteiger partial charge is 0.368 e. The number of anilines is 1. The first kappa shape index (κ1) is 21.6. The van der Waals surface area contributed by atoms with Crippen molar-refractivity contribution in [1.82, 2.24) is 14.9 Å². The average Bonchev–Trinajstić information content (AvgIpc) is 3.26. The average molecular weight is 432 g/mol. The molecule has 31 heavy (non-hydrogen) atoms. The second-order valence-corrected chi connectivity index (χ2v) is 8.64. The SMILES string of the molecule is Nc1ncc(-c2ccc(C(F)(F)F)cc2)c([C@@H]2CCCN(C(=O)CC3CCCC3)C2)n1. The van der Waals surface area contributed by atoms with E-state index in [1.807, 2.05) is 4.90 Å². The summed E-state index contributed by atoms with van der Waals surface area (Å²) in [5.74, 6) is 0.781. The zero-order valence-electron chi connectivity index (χ0n) is 17.4. The van der Waals surface area contributed by atoms with Gasteiger partial charge in [0.05, 0.1) is 11.3 Å². The van der Waals surface area contributed by atoms with Crippen LogP contribution in [0.25, 0.3) is 11.1 Å². The fourth-order valence-electron chi connectivity index (χ4n) is 4.80. The lowest BCUT2D eigenvalue weighted by Gasteiger charge is -2.34. The van der Waals surface area contributed by atoms with Gasteiger partial charge in [-0.25, -0.2) is 9.97 Å². The van der Waals surface area contributed by atoms with Gasteiger partial charge in [-0.15, -0.1) is 0 Å². The van der Waals surface area contributed by atoms with Crippen molar-refractivity contribution in [2.45, 2.75) is 57.0 Å². The lowest BCUT2D eigenvalue weighted by Crippen LogP contribution is -2.40. The highest BCUT2D eigenvalue weighted by molar-refractivity contribution is 5.77. The number of rotatable bonds is 4. The first-order chi connectivity index (χ1) is 14.8. The Morgan fingerprint density at radius 3 is 2.48 bits per heavy atom. The van der Waals surface area contributed by atoms with Gasteiger partial charge in [0.2, 0.25) is 11.9 Å². The molecule has 1 aromatic carbocycles. The summed E-state index contributed by atoms with van der Waals surface area (Å²) in [6, 6.07) is 5.00. The topological polar surface area (TPSA) is 72.1 Å². The van der Waals surface area contributed by atoms with E-state index in [0.29, 0.717) is 35.7 Å². The van der Waals surface area contributed by atoms with Gasteiger partial charge in [0.15, 0.2) is 0 Å². The quantitative estimate of drug-likeness (QED) is 0.736. The van der Waals surface area contributed by atoms with E-state index in [1.165, 1.54) is 25.0 Å². The molecule has 0 bridgehead atoms. The van der Waals surface area contributed by atoms with Gasteiger partial charge in [-0.3, -0.25) is 4.79 Å². The number of hydrogen-bond donors (Lipinski definition) is 1. The Morgan fingerprint density at radius 2 is 1.81 bits per heavy atom. The van der Waals surface area contributed by atoms with Gasteiger partial charge >= 0.3 is 6.18 Å².